The van der Waals surface area contributed by atoms with E-state index < -0.39 is 5.54 Å². The van der Waals surface area contributed by atoms with Crippen LogP contribution in [-0.4, -0.2) is 10.1 Å². The van der Waals surface area contributed by atoms with Gasteiger partial charge in [0.1, 0.15) is 5.82 Å². The van der Waals surface area contributed by atoms with Crippen LogP contribution >= 0.6 is 27.5 Å². The van der Waals surface area contributed by atoms with Crippen molar-refractivity contribution in [3.63, 3.8) is 0 Å². The maximum atomic E-state index is 13.3. The topological polar surface area (TPSA) is 51.0 Å². The van der Waals surface area contributed by atoms with Gasteiger partial charge >= 0.3 is 0 Å². The van der Waals surface area contributed by atoms with Crippen LogP contribution in [0.2, 0.25) is 5.02 Å². The molecule has 0 atom stereocenters. The molecule has 3 aromatic rings. The molecule has 0 unspecified atom stereocenters. The van der Waals surface area contributed by atoms with Crippen LogP contribution in [0.5, 0.6) is 0 Å². The van der Waals surface area contributed by atoms with Gasteiger partial charge in [-0.25, -0.2) is 4.39 Å². The third-order valence-electron chi connectivity index (χ3n) is 4.05. The molecule has 0 aliphatic carbocycles. The zero-order chi connectivity index (χ0) is 18.7. The Kier molecular flexibility index (Phi) is 5.75. The van der Waals surface area contributed by atoms with E-state index in [-0.39, 0.29) is 5.82 Å². The number of aromatic nitrogens is 2. The van der Waals surface area contributed by atoms with Crippen LogP contribution in [0.3, 0.4) is 0 Å². The highest BCUT2D eigenvalue weighted by molar-refractivity contribution is 9.10. The molecule has 0 radical (unpaired) electrons. The summed E-state index contributed by atoms with van der Waals surface area (Å²) in [6.07, 6.45) is 0.593. The molecule has 0 aliphatic rings. The molecule has 4 nitrogen and oxygen atoms in total. The summed E-state index contributed by atoms with van der Waals surface area (Å²) >= 11 is 9.62. The van der Waals surface area contributed by atoms with Gasteiger partial charge in [-0.3, -0.25) is 5.32 Å². The first-order valence-electron chi connectivity index (χ1n) is 8.10. The molecule has 136 valence electrons. The summed E-state index contributed by atoms with van der Waals surface area (Å²) < 4.78 is 19.6. The van der Waals surface area contributed by atoms with Crippen molar-refractivity contribution in [3.8, 4) is 0 Å². The molecule has 1 heterocycles. The Balaban J connectivity index is 1.65. The summed E-state index contributed by atoms with van der Waals surface area (Å²) in [5.41, 5.74) is 1.41. The lowest BCUT2D eigenvalue weighted by atomic mass is 9.94. The third-order valence-corrected chi connectivity index (χ3v) is 4.85. The van der Waals surface area contributed by atoms with Crippen LogP contribution < -0.4 is 5.32 Å². The second-order valence-corrected chi connectivity index (χ2v) is 7.84. The summed E-state index contributed by atoms with van der Waals surface area (Å²) in [7, 11) is 0. The zero-order valence-electron chi connectivity index (χ0n) is 14.4. The summed E-state index contributed by atoms with van der Waals surface area (Å²) in [4.78, 5) is 4.42. The van der Waals surface area contributed by atoms with Gasteiger partial charge in [0.15, 0.2) is 5.82 Å². The summed E-state index contributed by atoms with van der Waals surface area (Å²) in [6.45, 7) is 4.31. The Morgan fingerprint density at radius 1 is 1.23 bits per heavy atom. The third kappa shape index (κ3) is 4.69. The van der Waals surface area contributed by atoms with Crippen molar-refractivity contribution in [3.05, 3.63) is 80.6 Å². The highest BCUT2D eigenvalue weighted by Crippen LogP contribution is 2.28. The second-order valence-electron chi connectivity index (χ2n) is 6.51. The minimum Gasteiger partial charge on any atom is -0.338 e. The normalized spacial score (nSPS) is 11.7. The molecule has 7 heteroatoms. The molecule has 0 saturated carbocycles. The predicted octanol–water partition coefficient (Wildman–Crippen LogP) is 5.24. The SMILES string of the molecule is CC(C)(NCc1nc(Cc2cccc(Br)c2)no1)c1ccc(F)cc1Cl. The smallest absolute Gasteiger partial charge is 0.240 e. The van der Waals surface area contributed by atoms with E-state index in [1.807, 2.05) is 38.1 Å². The number of nitrogens with one attached hydrogen (secondary N) is 1. The highest BCUT2D eigenvalue weighted by atomic mass is 79.9. The van der Waals surface area contributed by atoms with E-state index in [1.54, 1.807) is 6.07 Å². The van der Waals surface area contributed by atoms with Gasteiger partial charge in [0.25, 0.3) is 0 Å². The summed E-state index contributed by atoms with van der Waals surface area (Å²) in [5.74, 6) is 0.752. The lowest BCUT2D eigenvalue weighted by molar-refractivity contribution is 0.326. The van der Waals surface area contributed by atoms with Crippen LogP contribution in [0.1, 0.15) is 36.7 Å². The van der Waals surface area contributed by atoms with Crippen molar-refractivity contribution < 1.29 is 8.91 Å². The quantitative estimate of drug-likeness (QED) is 0.572. The Morgan fingerprint density at radius 3 is 2.77 bits per heavy atom. The molecule has 1 aromatic heterocycles. The fourth-order valence-electron chi connectivity index (χ4n) is 2.65. The largest absolute Gasteiger partial charge is 0.338 e. The Hall–Kier alpha value is -1.76. The molecule has 0 fully saturated rings. The van der Waals surface area contributed by atoms with E-state index in [0.29, 0.717) is 29.7 Å². The van der Waals surface area contributed by atoms with Crippen molar-refractivity contribution in [2.75, 3.05) is 0 Å². The van der Waals surface area contributed by atoms with Crippen molar-refractivity contribution in [2.24, 2.45) is 0 Å². The molecule has 2 aromatic carbocycles. The van der Waals surface area contributed by atoms with Gasteiger partial charge in [0.2, 0.25) is 5.89 Å². The Labute approximate surface area is 164 Å². The van der Waals surface area contributed by atoms with E-state index in [9.17, 15) is 4.39 Å². The standard InChI is InChI=1S/C19H18BrClFN3O/c1-19(2,15-7-6-14(22)10-16(15)21)23-11-18-24-17(25-26-18)9-12-4-3-5-13(20)8-12/h3-8,10,23H,9,11H2,1-2H3. The predicted molar refractivity (Wildman–Crippen MR) is 103 cm³/mol. The molecular weight excluding hydrogens is 421 g/mol. The number of halogens is 3. The lowest BCUT2D eigenvalue weighted by Gasteiger charge is -2.27. The molecule has 0 bridgehead atoms. The van der Waals surface area contributed by atoms with E-state index in [1.165, 1.54) is 12.1 Å². The summed E-state index contributed by atoms with van der Waals surface area (Å²) in [5, 5.41) is 7.73. The average Bonchev–Trinajstić information content (AvgIpc) is 3.00. The van der Waals surface area contributed by atoms with Crippen molar-refractivity contribution in [2.45, 2.75) is 32.4 Å². The number of rotatable bonds is 6. The first-order chi connectivity index (χ1) is 12.3. The maximum Gasteiger partial charge on any atom is 0.240 e. The van der Waals surface area contributed by atoms with E-state index >= 15 is 0 Å². The number of hydrogen-bond donors (Lipinski definition) is 1. The molecule has 0 spiro atoms. The zero-order valence-corrected chi connectivity index (χ0v) is 16.7. The second kappa shape index (κ2) is 7.86. The van der Waals surface area contributed by atoms with Crippen LogP contribution in [0.25, 0.3) is 0 Å². The van der Waals surface area contributed by atoms with Gasteiger partial charge in [-0.05, 0) is 49.2 Å². The maximum absolute atomic E-state index is 13.3. The van der Waals surface area contributed by atoms with Crippen LogP contribution in [-0.2, 0) is 18.5 Å². The Bertz CT molecular complexity index is 913. The molecule has 0 amide bonds. The van der Waals surface area contributed by atoms with Crippen molar-refractivity contribution in [1.29, 1.82) is 0 Å². The average molecular weight is 439 g/mol. The molecule has 0 aliphatic heterocycles. The van der Waals surface area contributed by atoms with Gasteiger partial charge in [-0.1, -0.05) is 50.9 Å². The van der Waals surface area contributed by atoms with Crippen LogP contribution in [0, 0.1) is 5.82 Å². The molecule has 3 rings (SSSR count). The minimum atomic E-state index is -0.482. The fourth-order valence-corrected chi connectivity index (χ4v) is 3.50. The van der Waals surface area contributed by atoms with E-state index in [0.717, 1.165) is 15.6 Å². The van der Waals surface area contributed by atoms with Gasteiger partial charge in [-0.15, -0.1) is 0 Å². The lowest BCUT2D eigenvalue weighted by Crippen LogP contribution is -2.36. The number of nitrogens with zero attached hydrogens (tertiary/aromatic N) is 2. The molecule has 0 saturated heterocycles. The van der Waals surface area contributed by atoms with Gasteiger partial charge in [-0.2, -0.15) is 4.98 Å². The van der Waals surface area contributed by atoms with Gasteiger partial charge < -0.3 is 4.52 Å². The minimum absolute atomic E-state index is 0.358. The van der Waals surface area contributed by atoms with E-state index in [4.69, 9.17) is 16.1 Å². The summed E-state index contributed by atoms with van der Waals surface area (Å²) in [6, 6.07) is 12.4. The van der Waals surface area contributed by atoms with Gasteiger partial charge in [0.05, 0.1) is 6.54 Å². The number of hydrogen-bond acceptors (Lipinski definition) is 4. The highest BCUT2D eigenvalue weighted by Gasteiger charge is 2.24. The van der Waals surface area contributed by atoms with Crippen LogP contribution in [0.15, 0.2) is 51.5 Å². The Morgan fingerprint density at radius 2 is 2.04 bits per heavy atom. The van der Waals surface area contributed by atoms with Crippen molar-refractivity contribution in [1.82, 2.24) is 15.5 Å². The van der Waals surface area contributed by atoms with Gasteiger partial charge in [0, 0.05) is 21.5 Å². The number of benzene rings is 2. The molecule has 26 heavy (non-hydrogen) atoms. The monoisotopic (exact) mass is 437 g/mol. The molecular formula is C19H18BrClFN3O. The van der Waals surface area contributed by atoms with E-state index in [2.05, 4.69) is 31.4 Å². The van der Waals surface area contributed by atoms with Crippen LogP contribution in [0.4, 0.5) is 4.39 Å². The van der Waals surface area contributed by atoms with Crippen molar-refractivity contribution >= 4 is 27.5 Å². The first kappa shape index (κ1) is 19.0. The first-order valence-corrected chi connectivity index (χ1v) is 9.27. The fraction of sp³-hybridized carbons (Fsp3) is 0.263. The molecule has 1 N–H and O–H groups in total.